The predicted octanol–water partition coefficient (Wildman–Crippen LogP) is 3.10. The van der Waals surface area contributed by atoms with Crippen LogP contribution in [0.3, 0.4) is 0 Å². The van der Waals surface area contributed by atoms with Crippen LogP contribution in [-0.4, -0.2) is 17.1 Å². The van der Waals surface area contributed by atoms with Crippen molar-refractivity contribution in [2.45, 2.75) is 6.18 Å². The molecule has 0 aliphatic carbocycles. The lowest BCUT2D eigenvalue weighted by Crippen LogP contribution is -2.04. The number of aromatic nitrogens is 2. The standard InChI is InChI=1S/C11H9F3N2O/c1-17-8-4-2-7(3-5-8)10-15-6-9(16-10)11(12,13)14/h2-6H,1H3,(H,15,16). The molecule has 0 radical (unpaired) electrons. The number of rotatable bonds is 2. The maximum atomic E-state index is 12.3. The number of aromatic amines is 1. The molecule has 0 saturated carbocycles. The molecule has 1 aromatic heterocycles. The van der Waals surface area contributed by atoms with Crippen LogP contribution in [0.2, 0.25) is 0 Å². The highest BCUT2D eigenvalue weighted by Gasteiger charge is 2.33. The number of methoxy groups -OCH3 is 1. The predicted molar refractivity (Wildman–Crippen MR) is 55.6 cm³/mol. The molecule has 0 fully saturated rings. The molecule has 0 amide bonds. The summed E-state index contributed by atoms with van der Waals surface area (Å²) in [5, 5.41) is 0. The molecule has 0 atom stereocenters. The number of ether oxygens (including phenoxy) is 1. The molecule has 2 rings (SSSR count). The number of halogens is 3. The summed E-state index contributed by atoms with van der Waals surface area (Å²) in [6.45, 7) is 0. The van der Waals surface area contributed by atoms with E-state index in [1.165, 1.54) is 7.11 Å². The Morgan fingerprint density at radius 3 is 2.29 bits per heavy atom. The van der Waals surface area contributed by atoms with E-state index in [0.717, 1.165) is 6.20 Å². The molecule has 1 heterocycles. The van der Waals surface area contributed by atoms with Gasteiger partial charge in [0, 0.05) is 11.8 Å². The van der Waals surface area contributed by atoms with E-state index in [1.807, 2.05) is 0 Å². The molecule has 1 aromatic carbocycles. The second-order valence-electron chi connectivity index (χ2n) is 3.36. The van der Waals surface area contributed by atoms with Crippen molar-refractivity contribution < 1.29 is 17.9 Å². The van der Waals surface area contributed by atoms with Gasteiger partial charge in [-0.3, -0.25) is 0 Å². The van der Waals surface area contributed by atoms with Gasteiger partial charge >= 0.3 is 6.18 Å². The molecule has 3 nitrogen and oxygen atoms in total. The Bertz CT molecular complexity index is 502. The fourth-order valence-electron chi connectivity index (χ4n) is 1.36. The van der Waals surface area contributed by atoms with Gasteiger partial charge in [0.25, 0.3) is 0 Å². The molecular weight excluding hydrogens is 233 g/mol. The zero-order valence-electron chi connectivity index (χ0n) is 8.88. The summed E-state index contributed by atoms with van der Waals surface area (Å²) in [7, 11) is 1.52. The molecule has 0 aliphatic heterocycles. The highest BCUT2D eigenvalue weighted by molar-refractivity contribution is 5.56. The summed E-state index contributed by atoms with van der Waals surface area (Å²) in [5.41, 5.74) is -0.357. The van der Waals surface area contributed by atoms with Crippen molar-refractivity contribution in [2.24, 2.45) is 0 Å². The van der Waals surface area contributed by atoms with Crippen LogP contribution in [0.4, 0.5) is 13.2 Å². The van der Waals surface area contributed by atoms with E-state index in [2.05, 4.69) is 9.97 Å². The van der Waals surface area contributed by atoms with Crippen LogP contribution in [-0.2, 0) is 6.18 Å². The Labute approximate surface area is 95.3 Å². The van der Waals surface area contributed by atoms with E-state index in [0.29, 0.717) is 11.3 Å². The molecular formula is C11H9F3N2O. The van der Waals surface area contributed by atoms with Crippen molar-refractivity contribution in [3.8, 4) is 17.1 Å². The average Bonchev–Trinajstić information content (AvgIpc) is 2.78. The Morgan fingerprint density at radius 1 is 1.18 bits per heavy atom. The molecule has 17 heavy (non-hydrogen) atoms. The fourth-order valence-corrected chi connectivity index (χ4v) is 1.36. The number of hydrogen-bond acceptors (Lipinski definition) is 2. The van der Waals surface area contributed by atoms with Gasteiger partial charge in [0.05, 0.1) is 7.11 Å². The highest BCUT2D eigenvalue weighted by Crippen LogP contribution is 2.29. The summed E-state index contributed by atoms with van der Waals surface area (Å²) in [6.07, 6.45) is -3.58. The van der Waals surface area contributed by atoms with Gasteiger partial charge < -0.3 is 9.72 Å². The maximum Gasteiger partial charge on any atom is 0.434 e. The zero-order valence-corrected chi connectivity index (χ0v) is 8.88. The molecule has 0 unspecified atom stereocenters. The maximum absolute atomic E-state index is 12.3. The summed E-state index contributed by atoms with van der Waals surface area (Å²) in [4.78, 5) is 5.98. The zero-order chi connectivity index (χ0) is 12.5. The third-order valence-electron chi connectivity index (χ3n) is 2.23. The lowest BCUT2D eigenvalue weighted by molar-refractivity contribution is -0.140. The Kier molecular flexibility index (Phi) is 2.79. The SMILES string of the molecule is COc1ccc(-c2nc(C(F)(F)F)c[nH]2)cc1. The monoisotopic (exact) mass is 242 g/mol. The fraction of sp³-hybridized carbons (Fsp3) is 0.182. The first-order valence-corrected chi connectivity index (χ1v) is 4.78. The summed E-state index contributed by atoms with van der Waals surface area (Å²) >= 11 is 0. The van der Waals surface area contributed by atoms with Crippen molar-refractivity contribution >= 4 is 0 Å². The van der Waals surface area contributed by atoms with E-state index < -0.39 is 11.9 Å². The first-order valence-electron chi connectivity index (χ1n) is 4.78. The van der Waals surface area contributed by atoms with Crippen molar-refractivity contribution in [3.05, 3.63) is 36.2 Å². The molecule has 0 aliphatic rings. The van der Waals surface area contributed by atoms with Crippen LogP contribution in [0, 0.1) is 0 Å². The van der Waals surface area contributed by atoms with Crippen LogP contribution >= 0.6 is 0 Å². The van der Waals surface area contributed by atoms with E-state index in [4.69, 9.17) is 4.74 Å². The topological polar surface area (TPSA) is 37.9 Å². The normalized spacial score (nSPS) is 11.5. The highest BCUT2D eigenvalue weighted by atomic mass is 19.4. The van der Waals surface area contributed by atoms with Crippen LogP contribution < -0.4 is 4.74 Å². The third kappa shape index (κ3) is 2.41. The van der Waals surface area contributed by atoms with Crippen LogP contribution in [0.5, 0.6) is 5.75 Å². The quantitative estimate of drug-likeness (QED) is 0.878. The van der Waals surface area contributed by atoms with E-state index in [9.17, 15) is 13.2 Å². The van der Waals surface area contributed by atoms with Crippen molar-refractivity contribution in [1.82, 2.24) is 9.97 Å². The van der Waals surface area contributed by atoms with Gasteiger partial charge in [0.2, 0.25) is 0 Å². The van der Waals surface area contributed by atoms with E-state index in [-0.39, 0.29) is 5.82 Å². The number of imidazole rings is 1. The Morgan fingerprint density at radius 2 is 1.82 bits per heavy atom. The minimum absolute atomic E-state index is 0.181. The van der Waals surface area contributed by atoms with E-state index >= 15 is 0 Å². The minimum Gasteiger partial charge on any atom is -0.497 e. The van der Waals surface area contributed by atoms with Crippen molar-refractivity contribution in [3.63, 3.8) is 0 Å². The number of nitrogens with zero attached hydrogens (tertiary/aromatic N) is 1. The van der Waals surface area contributed by atoms with Crippen molar-refractivity contribution in [2.75, 3.05) is 7.11 Å². The first kappa shape index (κ1) is 11.5. The summed E-state index contributed by atoms with van der Waals surface area (Å²) in [6, 6.07) is 6.59. The molecule has 1 N–H and O–H groups in total. The van der Waals surface area contributed by atoms with Crippen LogP contribution in [0.1, 0.15) is 5.69 Å². The van der Waals surface area contributed by atoms with Gasteiger partial charge in [0.1, 0.15) is 11.6 Å². The van der Waals surface area contributed by atoms with Gasteiger partial charge in [-0.15, -0.1) is 0 Å². The molecule has 2 aromatic rings. The second-order valence-corrected chi connectivity index (χ2v) is 3.36. The molecule has 0 spiro atoms. The second kappa shape index (κ2) is 4.12. The lowest BCUT2D eigenvalue weighted by Gasteiger charge is -2.01. The number of H-pyrrole nitrogens is 1. The minimum atomic E-state index is -4.43. The smallest absolute Gasteiger partial charge is 0.434 e. The van der Waals surface area contributed by atoms with Gasteiger partial charge in [-0.2, -0.15) is 13.2 Å². The van der Waals surface area contributed by atoms with Crippen molar-refractivity contribution in [1.29, 1.82) is 0 Å². The number of alkyl halides is 3. The number of hydrogen-bond donors (Lipinski definition) is 1. The third-order valence-corrected chi connectivity index (χ3v) is 2.23. The first-order chi connectivity index (χ1) is 8.00. The van der Waals surface area contributed by atoms with Gasteiger partial charge in [0.15, 0.2) is 5.69 Å². The Balaban J connectivity index is 2.30. The Hall–Kier alpha value is -1.98. The molecule has 0 bridgehead atoms. The summed E-state index contributed by atoms with van der Waals surface area (Å²) in [5.74, 6) is 0.816. The molecule has 0 saturated heterocycles. The molecule has 90 valence electrons. The molecule has 6 heteroatoms. The van der Waals surface area contributed by atoms with Gasteiger partial charge in [-0.1, -0.05) is 0 Å². The summed E-state index contributed by atoms with van der Waals surface area (Å²) < 4.78 is 42.0. The van der Waals surface area contributed by atoms with Gasteiger partial charge in [-0.25, -0.2) is 4.98 Å². The van der Waals surface area contributed by atoms with Crippen LogP contribution in [0.15, 0.2) is 30.5 Å². The average molecular weight is 242 g/mol. The van der Waals surface area contributed by atoms with Gasteiger partial charge in [-0.05, 0) is 24.3 Å². The largest absolute Gasteiger partial charge is 0.497 e. The van der Waals surface area contributed by atoms with E-state index in [1.54, 1.807) is 24.3 Å². The lowest BCUT2D eigenvalue weighted by atomic mass is 10.2. The number of benzene rings is 1. The number of nitrogens with one attached hydrogen (secondary N) is 1. The van der Waals surface area contributed by atoms with Crippen LogP contribution in [0.25, 0.3) is 11.4 Å².